The van der Waals surface area contributed by atoms with E-state index in [0.29, 0.717) is 13.2 Å². The minimum Gasteiger partial charge on any atom is -0.493 e. The molecule has 126 valence electrons. The Morgan fingerprint density at radius 2 is 1.76 bits per heavy atom. The zero-order chi connectivity index (χ0) is 17.1. The van der Waals surface area contributed by atoms with Gasteiger partial charge in [0.05, 0.1) is 31.0 Å². The molecule has 0 atom stereocenters. The summed E-state index contributed by atoms with van der Waals surface area (Å²) in [6.45, 7) is 1.14. The van der Waals surface area contributed by atoms with Gasteiger partial charge in [0.2, 0.25) is 0 Å². The van der Waals surface area contributed by atoms with Crippen LogP contribution >= 0.6 is 0 Å². The molecule has 0 fully saturated rings. The Morgan fingerprint density at radius 1 is 0.960 bits per heavy atom. The summed E-state index contributed by atoms with van der Waals surface area (Å²) in [5, 5.41) is 0. The van der Waals surface area contributed by atoms with Crippen molar-refractivity contribution < 1.29 is 13.9 Å². The monoisotopic (exact) mass is 334 g/mol. The summed E-state index contributed by atoms with van der Waals surface area (Å²) in [5.41, 5.74) is 1.99. The summed E-state index contributed by atoms with van der Waals surface area (Å²) in [7, 11) is 1.64. The Morgan fingerprint density at radius 3 is 2.56 bits per heavy atom. The number of nitrogens with zero attached hydrogens (tertiary/aromatic N) is 2. The predicted molar refractivity (Wildman–Crippen MR) is 95.9 cm³/mol. The molecular weight excluding hydrogens is 316 g/mol. The predicted octanol–water partition coefficient (Wildman–Crippen LogP) is 4.38. The van der Waals surface area contributed by atoms with Gasteiger partial charge in [-0.25, -0.2) is 4.98 Å². The molecule has 0 aliphatic heterocycles. The van der Waals surface area contributed by atoms with Gasteiger partial charge in [-0.2, -0.15) is 0 Å². The van der Waals surface area contributed by atoms with E-state index in [1.54, 1.807) is 13.4 Å². The molecule has 0 unspecified atom stereocenters. The molecule has 0 bridgehead atoms. The van der Waals surface area contributed by atoms with E-state index in [-0.39, 0.29) is 0 Å². The maximum atomic E-state index is 5.92. The van der Waals surface area contributed by atoms with E-state index in [9.17, 15) is 0 Å². The van der Waals surface area contributed by atoms with E-state index in [1.807, 2.05) is 54.6 Å². The van der Waals surface area contributed by atoms with E-state index in [1.165, 1.54) is 0 Å². The highest BCUT2D eigenvalue weighted by Gasteiger charge is 2.14. The molecule has 25 heavy (non-hydrogen) atoms. The van der Waals surface area contributed by atoms with E-state index in [0.717, 1.165) is 34.1 Å². The van der Waals surface area contributed by atoms with Crippen LogP contribution in [-0.2, 0) is 6.54 Å². The first-order valence-electron chi connectivity index (χ1n) is 8.12. The fourth-order valence-electron chi connectivity index (χ4n) is 2.88. The second-order valence-electron chi connectivity index (χ2n) is 5.55. The lowest BCUT2D eigenvalue weighted by Gasteiger charge is -2.12. The lowest BCUT2D eigenvalue weighted by molar-refractivity contribution is 0.281. The number of para-hydroxylation sites is 4. The largest absolute Gasteiger partial charge is 0.493 e. The third-order valence-corrected chi connectivity index (χ3v) is 4.04. The molecule has 2 aromatic carbocycles. The molecule has 0 radical (unpaired) electrons. The van der Waals surface area contributed by atoms with E-state index >= 15 is 0 Å². The lowest BCUT2D eigenvalue weighted by Crippen LogP contribution is -2.09. The zero-order valence-corrected chi connectivity index (χ0v) is 13.9. The summed E-state index contributed by atoms with van der Waals surface area (Å²) in [6, 6.07) is 19.5. The molecule has 0 N–H and O–H groups in total. The van der Waals surface area contributed by atoms with Gasteiger partial charge in [0.15, 0.2) is 23.1 Å². The number of benzene rings is 2. The molecule has 0 saturated heterocycles. The van der Waals surface area contributed by atoms with Gasteiger partial charge in [-0.15, -0.1) is 0 Å². The number of methoxy groups -OCH3 is 1. The van der Waals surface area contributed by atoms with Gasteiger partial charge >= 0.3 is 0 Å². The first-order valence-corrected chi connectivity index (χ1v) is 8.12. The van der Waals surface area contributed by atoms with Crippen molar-refractivity contribution in [3.05, 3.63) is 66.9 Å². The zero-order valence-electron chi connectivity index (χ0n) is 13.9. The summed E-state index contributed by atoms with van der Waals surface area (Å²) in [4.78, 5) is 4.70. The van der Waals surface area contributed by atoms with Crippen LogP contribution in [0.5, 0.6) is 11.5 Å². The summed E-state index contributed by atoms with van der Waals surface area (Å²) in [5.74, 6) is 3.00. The van der Waals surface area contributed by atoms with Crippen LogP contribution < -0.4 is 9.47 Å². The summed E-state index contributed by atoms with van der Waals surface area (Å²) < 4.78 is 18.9. The maximum absolute atomic E-state index is 5.92. The summed E-state index contributed by atoms with van der Waals surface area (Å²) >= 11 is 0. The van der Waals surface area contributed by atoms with Crippen molar-refractivity contribution in [3.8, 4) is 23.1 Å². The molecule has 0 amide bonds. The number of rotatable bonds is 6. The molecule has 2 heterocycles. The van der Waals surface area contributed by atoms with Gasteiger partial charge in [-0.05, 0) is 36.4 Å². The van der Waals surface area contributed by atoms with E-state index < -0.39 is 0 Å². The van der Waals surface area contributed by atoms with E-state index in [4.69, 9.17) is 18.9 Å². The Kier molecular flexibility index (Phi) is 4.12. The highest BCUT2D eigenvalue weighted by Crippen LogP contribution is 2.27. The topological polar surface area (TPSA) is 49.4 Å². The van der Waals surface area contributed by atoms with Gasteiger partial charge < -0.3 is 18.5 Å². The third-order valence-electron chi connectivity index (χ3n) is 4.04. The fourth-order valence-corrected chi connectivity index (χ4v) is 2.88. The SMILES string of the molecule is COc1ccccc1OCCn1c(-c2ccco2)nc2ccccc21. The van der Waals surface area contributed by atoms with Gasteiger partial charge in [-0.3, -0.25) is 0 Å². The molecule has 4 aromatic rings. The molecule has 0 saturated carbocycles. The van der Waals surface area contributed by atoms with Crippen molar-refractivity contribution in [2.24, 2.45) is 0 Å². The van der Waals surface area contributed by atoms with Crippen LogP contribution in [0.4, 0.5) is 0 Å². The number of hydrogen-bond acceptors (Lipinski definition) is 4. The molecule has 0 aliphatic rings. The number of imidazole rings is 1. The second-order valence-corrected chi connectivity index (χ2v) is 5.55. The van der Waals surface area contributed by atoms with Gasteiger partial charge in [0, 0.05) is 0 Å². The maximum Gasteiger partial charge on any atom is 0.177 e. The van der Waals surface area contributed by atoms with Gasteiger partial charge in [0.25, 0.3) is 0 Å². The Hall–Kier alpha value is -3.21. The molecule has 2 aromatic heterocycles. The van der Waals surface area contributed by atoms with Crippen molar-refractivity contribution in [1.82, 2.24) is 9.55 Å². The minimum atomic E-state index is 0.494. The first kappa shape index (κ1) is 15.3. The Balaban J connectivity index is 1.61. The van der Waals surface area contributed by atoms with Crippen molar-refractivity contribution >= 4 is 11.0 Å². The first-order chi connectivity index (χ1) is 12.4. The second kappa shape index (κ2) is 6.73. The average Bonchev–Trinajstić information content (AvgIpc) is 3.30. The Bertz CT molecular complexity index is 974. The van der Waals surface area contributed by atoms with Crippen LogP contribution in [0, 0.1) is 0 Å². The number of fused-ring (bicyclic) bond motifs is 1. The average molecular weight is 334 g/mol. The molecule has 0 aliphatic carbocycles. The van der Waals surface area contributed by atoms with Crippen molar-refractivity contribution in [3.63, 3.8) is 0 Å². The van der Waals surface area contributed by atoms with E-state index in [2.05, 4.69) is 10.6 Å². The molecule has 5 nitrogen and oxygen atoms in total. The Labute approximate surface area is 145 Å². The van der Waals surface area contributed by atoms with Gasteiger partial charge in [0.1, 0.15) is 6.61 Å². The van der Waals surface area contributed by atoms with Crippen molar-refractivity contribution in [2.75, 3.05) is 13.7 Å². The summed E-state index contributed by atoms with van der Waals surface area (Å²) in [6.07, 6.45) is 1.66. The van der Waals surface area contributed by atoms with Crippen LogP contribution in [0.25, 0.3) is 22.6 Å². The number of hydrogen-bond donors (Lipinski definition) is 0. The molecular formula is C20H18N2O3. The van der Waals surface area contributed by atoms with Crippen molar-refractivity contribution in [2.45, 2.75) is 6.54 Å². The van der Waals surface area contributed by atoms with Crippen LogP contribution in [0.15, 0.2) is 71.3 Å². The fraction of sp³-hybridized carbons (Fsp3) is 0.150. The molecule has 5 heteroatoms. The highest BCUT2D eigenvalue weighted by atomic mass is 16.5. The van der Waals surface area contributed by atoms with Crippen LogP contribution in [0.2, 0.25) is 0 Å². The number of ether oxygens (including phenoxy) is 2. The quantitative estimate of drug-likeness (QED) is 0.525. The smallest absolute Gasteiger partial charge is 0.177 e. The highest BCUT2D eigenvalue weighted by molar-refractivity contribution is 5.79. The van der Waals surface area contributed by atoms with Gasteiger partial charge in [-0.1, -0.05) is 24.3 Å². The number of aromatic nitrogens is 2. The van der Waals surface area contributed by atoms with Crippen molar-refractivity contribution in [1.29, 1.82) is 0 Å². The van der Waals surface area contributed by atoms with Crippen LogP contribution in [0.1, 0.15) is 0 Å². The standard InChI is InChI=1S/C20H18N2O3/c1-23-17-9-4-5-10-18(17)25-14-12-22-16-8-3-2-7-15(16)21-20(22)19-11-6-13-24-19/h2-11,13H,12,14H2,1H3. The lowest BCUT2D eigenvalue weighted by atomic mass is 10.3. The molecule has 4 rings (SSSR count). The minimum absolute atomic E-state index is 0.494. The van der Waals surface area contributed by atoms with Crippen LogP contribution in [0.3, 0.4) is 0 Å². The molecule has 0 spiro atoms. The normalized spacial score (nSPS) is 10.9. The van der Waals surface area contributed by atoms with Crippen LogP contribution in [-0.4, -0.2) is 23.3 Å². The number of furan rings is 1. The third kappa shape index (κ3) is 2.96.